The van der Waals surface area contributed by atoms with Gasteiger partial charge in [0.1, 0.15) is 5.82 Å². The third kappa shape index (κ3) is 5.66. The van der Waals surface area contributed by atoms with E-state index in [9.17, 15) is 13.5 Å². The van der Waals surface area contributed by atoms with Gasteiger partial charge in [-0.2, -0.15) is 5.10 Å². The van der Waals surface area contributed by atoms with Crippen molar-refractivity contribution in [1.29, 1.82) is 0 Å². The molecule has 0 aliphatic carbocycles. The van der Waals surface area contributed by atoms with Gasteiger partial charge in [-0.3, -0.25) is 9.67 Å². The number of pyridine rings is 2. The van der Waals surface area contributed by atoms with Gasteiger partial charge >= 0.3 is 0 Å². The molecule has 6 rings (SSSR count). The summed E-state index contributed by atoms with van der Waals surface area (Å²) >= 11 is 0. The zero-order valence-corrected chi connectivity index (χ0v) is 24.0. The van der Waals surface area contributed by atoms with Crippen molar-refractivity contribution in [2.45, 2.75) is 50.3 Å². The minimum atomic E-state index is -3.59. The molecule has 1 aliphatic heterocycles. The summed E-state index contributed by atoms with van der Waals surface area (Å²) in [7, 11) is -3.59. The molecule has 0 saturated carbocycles. The number of aryl methyl sites for hydroxylation is 1. The molecule has 1 unspecified atom stereocenters. The standard InChI is InChI=1S/C30H33N7O3S/c1-19-24(8-9-27-26(19)17-34-37(27)18-30(2,3)38)29-25-14-28(33-15-20(25)10-13-32-29)35-21-4-6-23(7-5-21)41(39,40)36-22-11-12-31-16-22/h4-10,13-15,17,22,31,36,38H,11-12,16,18H2,1-3H3,(H,33,35). The van der Waals surface area contributed by atoms with Gasteiger partial charge in [-0.15, -0.1) is 0 Å². The van der Waals surface area contributed by atoms with Crippen LogP contribution in [0.15, 0.2) is 72.0 Å². The van der Waals surface area contributed by atoms with E-state index in [2.05, 4.69) is 32.4 Å². The van der Waals surface area contributed by atoms with Crippen molar-refractivity contribution >= 4 is 43.2 Å². The fraction of sp³-hybridized carbons (Fsp3) is 0.300. The number of fused-ring (bicyclic) bond motifs is 2. The summed E-state index contributed by atoms with van der Waals surface area (Å²) in [5, 5.41) is 24.2. The highest BCUT2D eigenvalue weighted by Gasteiger charge is 2.23. The normalized spacial score (nSPS) is 16.0. The lowest BCUT2D eigenvalue weighted by Gasteiger charge is -2.18. The van der Waals surface area contributed by atoms with Crippen LogP contribution in [0.2, 0.25) is 0 Å². The van der Waals surface area contributed by atoms with Crippen molar-refractivity contribution in [2.24, 2.45) is 0 Å². The first-order chi connectivity index (χ1) is 19.6. The Morgan fingerprint density at radius 2 is 1.88 bits per heavy atom. The van der Waals surface area contributed by atoms with Crippen molar-refractivity contribution in [3.8, 4) is 11.3 Å². The second-order valence-corrected chi connectivity index (χ2v) is 12.9. The number of aliphatic hydroxyl groups is 1. The Kier molecular flexibility index (Phi) is 6.98. The molecule has 5 aromatic rings. The van der Waals surface area contributed by atoms with Gasteiger partial charge in [0.25, 0.3) is 0 Å². The number of anilines is 2. The predicted molar refractivity (Wildman–Crippen MR) is 161 cm³/mol. The molecule has 4 N–H and O–H groups in total. The Balaban J connectivity index is 1.29. The van der Waals surface area contributed by atoms with Crippen LogP contribution in [0.4, 0.5) is 11.5 Å². The second kappa shape index (κ2) is 10.5. The highest BCUT2D eigenvalue weighted by atomic mass is 32.2. The van der Waals surface area contributed by atoms with Crippen molar-refractivity contribution < 1.29 is 13.5 Å². The Hall–Kier alpha value is -3.90. The van der Waals surface area contributed by atoms with E-state index < -0.39 is 15.6 Å². The number of nitrogens with one attached hydrogen (secondary N) is 3. The average molecular weight is 572 g/mol. The molecule has 0 spiro atoms. The van der Waals surface area contributed by atoms with Gasteiger partial charge in [0.05, 0.1) is 34.4 Å². The molecule has 4 heterocycles. The SMILES string of the molecule is Cc1c(-c2nccc3cnc(Nc4ccc(S(=O)(=O)NC5CCNC5)cc4)cc23)ccc2c1cnn2CC(C)(C)O. The van der Waals surface area contributed by atoms with E-state index in [4.69, 9.17) is 4.98 Å². The van der Waals surface area contributed by atoms with Crippen LogP contribution in [-0.2, 0) is 16.6 Å². The first-order valence-corrected chi connectivity index (χ1v) is 15.1. The zero-order chi connectivity index (χ0) is 28.8. The van der Waals surface area contributed by atoms with Gasteiger partial charge in [0.2, 0.25) is 10.0 Å². The summed E-state index contributed by atoms with van der Waals surface area (Å²) in [5.41, 5.74) is 3.67. The third-order valence-electron chi connectivity index (χ3n) is 7.35. The van der Waals surface area contributed by atoms with E-state index in [0.29, 0.717) is 18.9 Å². The van der Waals surface area contributed by atoms with E-state index >= 15 is 0 Å². The number of aromatic nitrogens is 4. The molecule has 0 amide bonds. The topological polar surface area (TPSA) is 134 Å². The van der Waals surface area contributed by atoms with Gasteiger partial charge in [-0.1, -0.05) is 6.07 Å². The molecular weight excluding hydrogens is 538 g/mol. The average Bonchev–Trinajstić information content (AvgIpc) is 3.58. The summed E-state index contributed by atoms with van der Waals surface area (Å²) in [6.45, 7) is 7.44. The van der Waals surface area contributed by atoms with Crippen LogP contribution in [0, 0.1) is 6.92 Å². The fourth-order valence-electron chi connectivity index (χ4n) is 5.30. The van der Waals surface area contributed by atoms with Gasteiger partial charge in [0, 0.05) is 52.4 Å². The third-order valence-corrected chi connectivity index (χ3v) is 8.89. The molecular formula is C30H33N7O3S. The van der Waals surface area contributed by atoms with Crippen molar-refractivity contribution in [3.63, 3.8) is 0 Å². The lowest BCUT2D eigenvalue weighted by atomic mass is 9.98. The smallest absolute Gasteiger partial charge is 0.240 e. The maximum absolute atomic E-state index is 12.8. The van der Waals surface area contributed by atoms with E-state index in [1.807, 2.05) is 35.1 Å². The number of hydrogen-bond acceptors (Lipinski definition) is 8. The Morgan fingerprint density at radius 1 is 1.07 bits per heavy atom. The Bertz CT molecular complexity index is 1840. The van der Waals surface area contributed by atoms with E-state index in [1.54, 1.807) is 50.5 Å². The summed E-state index contributed by atoms with van der Waals surface area (Å²) in [6.07, 6.45) is 6.20. The molecule has 2 aromatic carbocycles. The molecule has 3 aromatic heterocycles. The van der Waals surface area contributed by atoms with Crippen LogP contribution in [0.25, 0.3) is 32.9 Å². The van der Waals surface area contributed by atoms with Crippen LogP contribution in [0.1, 0.15) is 25.8 Å². The number of rotatable bonds is 8. The van der Waals surface area contributed by atoms with Gasteiger partial charge < -0.3 is 15.7 Å². The van der Waals surface area contributed by atoms with Crippen LogP contribution >= 0.6 is 0 Å². The van der Waals surface area contributed by atoms with Crippen LogP contribution in [0.5, 0.6) is 0 Å². The maximum atomic E-state index is 12.8. The molecule has 1 atom stereocenters. The van der Waals surface area contributed by atoms with E-state index in [1.165, 1.54) is 0 Å². The van der Waals surface area contributed by atoms with Crippen molar-refractivity contribution in [3.05, 3.63) is 72.7 Å². The molecule has 11 heteroatoms. The Labute approximate surface area is 238 Å². The van der Waals surface area contributed by atoms with E-state index in [-0.39, 0.29) is 10.9 Å². The zero-order valence-electron chi connectivity index (χ0n) is 23.2. The van der Waals surface area contributed by atoms with Gasteiger partial charge in [-0.25, -0.2) is 18.1 Å². The summed E-state index contributed by atoms with van der Waals surface area (Å²) < 4.78 is 30.1. The quantitative estimate of drug-likeness (QED) is 0.219. The molecule has 1 saturated heterocycles. The van der Waals surface area contributed by atoms with Gasteiger partial charge in [-0.05, 0) is 81.8 Å². The lowest BCUT2D eigenvalue weighted by molar-refractivity contribution is 0.0591. The van der Waals surface area contributed by atoms with Crippen LogP contribution in [-0.4, -0.2) is 58.0 Å². The first-order valence-electron chi connectivity index (χ1n) is 13.6. The highest BCUT2D eigenvalue weighted by Crippen LogP contribution is 2.34. The largest absolute Gasteiger partial charge is 0.389 e. The minimum Gasteiger partial charge on any atom is -0.389 e. The monoisotopic (exact) mass is 571 g/mol. The fourth-order valence-corrected chi connectivity index (χ4v) is 6.57. The highest BCUT2D eigenvalue weighted by molar-refractivity contribution is 7.89. The predicted octanol–water partition coefficient (Wildman–Crippen LogP) is 4.11. The van der Waals surface area contributed by atoms with Crippen molar-refractivity contribution in [2.75, 3.05) is 18.4 Å². The molecule has 1 aliphatic rings. The molecule has 212 valence electrons. The number of benzene rings is 2. The van der Waals surface area contributed by atoms with E-state index in [0.717, 1.165) is 57.1 Å². The molecule has 1 fully saturated rings. The summed E-state index contributed by atoms with van der Waals surface area (Å²) in [5.74, 6) is 0.620. The lowest BCUT2D eigenvalue weighted by Crippen LogP contribution is -2.36. The van der Waals surface area contributed by atoms with Crippen LogP contribution in [0.3, 0.4) is 0 Å². The van der Waals surface area contributed by atoms with Crippen LogP contribution < -0.4 is 15.4 Å². The van der Waals surface area contributed by atoms with Crippen molar-refractivity contribution in [1.82, 2.24) is 29.8 Å². The summed E-state index contributed by atoms with van der Waals surface area (Å²) in [6, 6.07) is 14.5. The number of sulfonamides is 1. The second-order valence-electron chi connectivity index (χ2n) is 11.2. The number of hydrogen-bond donors (Lipinski definition) is 4. The summed E-state index contributed by atoms with van der Waals surface area (Å²) in [4.78, 5) is 9.54. The molecule has 0 bridgehead atoms. The maximum Gasteiger partial charge on any atom is 0.240 e. The minimum absolute atomic E-state index is 0.0874. The molecule has 0 radical (unpaired) electrons. The Morgan fingerprint density at radius 3 is 2.61 bits per heavy atom. The first kappa shape index (κ1) is 27.3. The number of nitrogens with zero attached hydrogens (tertiary/aromatic N) is 4. The molecule has 10 nitrogen and oxygen atoms in total. The molecule has 41 heavy (non-hydrogen) atoms. The van der Waals surface area contributed by atoms with Gasteiger partial charge in [0.15, 0.2) is 0 Å².